The normalized spacial score (nSPS) is 31.6. The molecular formula is C43H80O6Si4. The van der Waals surface area contributed by atoms with Crippen molar-refractivity contribution in [3.63, 3.8) is 0 Å². The van der Waals surface area contributed by atoms with Gasteiger partial charge in [-0.25, -0.2) is 0 Å². The van der Waals surface area contributed by atoms with E-state index < -0.39 is 55.6 Å². The molecule has 0 radical (unpaired) electrons. The Labute approximate surface area is 329 Å². The molecule has 1 unspecified atom stereocenters. The lowest BCUT2D eigenvalue weighted by atomic mass is 9.60. The van der Waals surface area contributed by atoms with E-state index >= 15 is 9.59 Å². The fourth-order valence-electron chi connectivity index (χ4n) is 11.9. The minimum atomic E-state index is -2.35. The van der Waals surface area contributed by atoms with Gasteiger partial charge in [0.15, 0.2) is 16.6 Å². The van der Waals surface area contributed by atoms with Crippen LogP contribution in [0.2, 0.25) is 72.5 Å². The molecule has 7 atom stereocenters. The highest BCUT2D eigenvalue weighted by Crippen LogP contribution is 2.75. The highest BCUT2D eigenvalue weighted by Gasteiger charge is 2.75. The second-order valence-electron chi connectivity index (χ2n) is 17.9. The van der Waals surface area contributed by atoms with Crippen molar-refractivity contribution < 1.29 is 27.3 Å². The van der Waals surface area contributed by atoms with E-state index in [1.54, 1.807) is 0 Å². The largest absolute Gasteiger partial charge is 0.519 e. The predicted molar refractivity (Wildman–Crippen MR) is 231 cm³/mol. The lowest BCUT2D eigenvalue weighted by molar-refractivity contribution is -0.164. The number of rotatable bonds is 20. The molecule has 0 saturated heterocycles. The molecule has 3 saturated carbocycles. The van der Waals surface area contributed by atoms with Crippen molar-refractivity contribution in [1.29, 1.82) is 0 Å². The fourth-order valence-corrected chi connectivity index (χ4v) is 23.0. The maximum absolute atomic E-state index is 15.6. The molecule has 10 heteroatoms. The summed E-state index contributed by atoms with van der Waals surface area (Å²) in [5.74, 6) is -0.791. The van der Waals surface area contributed by atoms with Crippen molar-refractivity contribution >= 4 is 45.2 Å². The van der Waals surface area contributed by atoms with E-state index in [4.69, 9.17) is 24.3 Å². The molecule has 0 aliphatic heterocycles. The van der Waals surface area contributed by atoms with E-state index in [9.17, 15) is 0 Å². The summed E-state index contributed by atoms with van der Waals surface area (Å²) in [6, 6.07) is 11.7. The molecule has 0 amide bonds. The minimum absolute atomic E-state index is 0.0641. The average molecular weight is 805 g/mol. The van der Waals surface area contributed by atoms with Crippen molar-refractivity contribution in [2.45, 2.75) is 206 Å². The number of allylic oxidation sites excluding steroid dienone is 1. The molecule has 3 fully saturated rings. The lowest BCUT2D eigenvalue weighted by Crippen LogP contribution is -2.59. The van der Waals surface area contributed by atoms with Gasteiger partial charge in [-0.15, -0.1) is 0 Å². The second-order valence-corrected chi connectivity index (χ2v) is 36.7. The second kappa shape index (κ2) is 17.0. The quantitative estimate of drug-likeness (QED) is 0.0901. The molecule has 1 spiro atoms. The molecule has 4 aliphatic rings. The van der Waals surface area contributed by atoms with Crippen LogP contribution in [0.15, 0.2) is 23.8 Å². The summed E-state index contributed by atoms with van der Waals surface area (Å²) in [6.45, 7) is 33.9. The Morgan fingerprint density at radius 1 is 0.717 bits per heavy atom. The SMILES string of the molecule is C=C1C[C@]23C[C@@]1(O[Si](CC)(CC)CC)CCC2C1=CC[C@H](O[Si](CC)(CC)CC)[C@@](C)(C(=O)O[Si](CC)(CC)CC)[C@H]1[C@@H]3C(=O)O[Si](CC)(CC)CC. The lowest BCUT2D eigenvalue weighted by Gasteiger charge is -2.50. The van der Waals surface area contributed by atoms with Crippen molar-refractivity contribution in [3.05, 3.63) is 23.8 Å². The summed E-state index contributed by atoms with van der Waals surface area (Å²) >= 11 is 0. The number of fused-ring (bicyclic) bond motifs is 3. The minimum Gasteiger partial charge on any atom is -0.519 e. The molecule has 6 nitrogen and oxygen atoms in total. The van der Waals surface area contributed by atoms with Gasteiger partial charge in [-0.05, 0) is 128 Å². The standard InChI is InChI=1S/C43H80O6Si4/c1-15-50(16-2,17-3)46-36-28-27-34-35-29-30-43(49-53(24-10,25-11)26-12)32-42(35,31-33(43)13)38(39(44)47-51(18-4,19-5)20-6)37(34)41(36,14)40(45)48-52(21-7,22-8)23-9/h27,35-38H,13,15-26,28-32H2,1-12,14H3/t35?,36-,37+,38+,41+,42-,43-/m0/s1. The predicted octanol–water partition coefficient (Wildman–Crippen LogP) is 12.6. The molecule has 0 heterocycles. The molecule has 4 rings (SSSR count). The molecule has 0 N–H and O–H groups in total. The van der Waals surface area contributed by atoms with Crippen LogP contribution in [0.5, 0.6) is 0 Å². The summed E-state index contributed by atoms with van der Waals surface area (Å²) < 4.78 is 29.1. The summed E-state index contributed by atoms with van der Waals surface area (Å²) in [6.07, 6.45) is 6.25. The molecule has 0 aromatic heterocycles. The molecule has 0 aromatic rings. The van der Waals surface area contributed by atoms with Crippen LogP contribution < -0.4 is 0 Å². The van der Waals surface area contributed by atoms with Gasteiger partial charge in [-0.3, -0.25) is 9.59 Å². The van der Waals surface area contributed by atoms with Gasteiger partial charge in [0.05, 0.1) is 23.0 Å². The molecule has 0 aromatic carbocycles. The van der Waals surface area contributed by atoms with Crippen molar-refractivity contribution in [3.8, 4) is 0 Å². The Bertz CT molecular complexity index is 1320. The average Bonchev–Trinajstić information content (AvgIpc) is 3.59. The van der Waals surface area contributed by atoms with Gasteiger partial charge in [0.1, 0.15) is 0 Å². The maximum Gasteiger partial charge on any atom is 0.301 e. The summed E-state index contributed by atoms with van der Waals surface area (Å²) in [5.41, 5.74) is 0.669. The van der Waals surface area contributed by atoms with Crippen LogP contribution in [0, 0.1) is 28.6 Å². The summed E-state index contributed by atoms with van der Waals surface area (Å²) in [4.78, 5) is 31.1. The van der Waals surface area contributed by atoms with Crippen molar-refractivity contribution in [2.75, 3.05) is 0 Å². The zero-order chi connectivity index (χ0) is 39.7. The van der Waals surface area contributed by atoms with Crippen molar-refractivity contribution in [1.82, 2.24) is 0 Å². The Morgan fingerprint density at radius 2 is 1.19 bits per heavy atom. The molecule has 4 aliphatic carbocycles. The van der Waals surface area contributed by atoms with Crippen LogP contribution >= 0.6 is 0 Å². The van der Waals surface area contributed by atoms with Crippen molar-refractivity contribution in [2.24, 2.45) is 28.6 Å². The number of hydrogen-bond donors (Lipinski definition) is 0. The van der Waals surface area contributed by atoms with E-state index in [1.165, 1.54) is 11.1 Å². The molecule has 2 bridgehead atoms. The smallest absolute Gasteiger partial charge is 0.301 e. The first kappa shape index (κ1) is 44.9. The van der Waals surface area contributed by atoms with Gasteiger partial charge in [0.2, 0.25) is 0 Å². The summed E-state index contributed by atoms with van der Waals surface area (Å²) in [5, 5.41) is 0. The number of carbonyl (C=O) groups excluding carboxylic acids is 2. The van der Waals surface area contributed by atoms with E-state index in [0.717, 1.165) is 98.2 Å². The van der Waals surface area contributed by atoms with E-state index in [-0.39, 0.29) is 29.9 Å². The van der Waals surface area contributed by atoms with Gasteiger partial charge < -0.3 is 17.7 Å². The zero-order valence-corrected chi connectivity index (χ0v) is 40.6. The Morgan fingerprint density at radius 3 is 1.66 bits per heavy atom. The van der Waals surface area contributed by atoms with Gasteiger partial charge in [0, 0.05) is 5.92 Å². The van der Waals surface area contributed by atoms with Crippen LogP contribution in [-0.4, -0.2) is 56.9 Å². The molecule has 53 heavy (non-hydrogen) atoms. The topological polar surface area (TPSA) is 71.1 Å². The first-order chi connectivity index (χ1) is 25.1. The number of carbonyl (C=O) groups is 2. The monoisotopic (exact) mass is 805 g/mol. The van der Waals surface area contributed by atoms with Crippen LogP contribution in [-0.2, 0) is 27.3 Å². The first-order valence-corrected chi connectivity index (χ1v) is 32.4. The molecule has 304 valence electrons. The van der Waals surface area contributed by atoms with Gasteiger partial charge >= 0.3 is 5.97 Å². The van der Waals surface area contributed by atoms with Crippen LogP contribution in [0.3, 0.4) is 0 Å². The van der Waals surface area contributed by atoms with Gasteiger partial charge in [-0.2, -0.15) is 0 Å². The Kier molecular flexibility index (Phi) is 14.4. The van der Waals surface area contributed by atoms with Crippen LogP contribution in [0.25, 0.3) is 0 Å². The molecular weight excluding hydrogens is 725 g/mol. The van der Waals surface area contributed by atoms with Gasteiger partial charge in [0.25, 0.3) is 22.6 Å². The maximum atomic E-state index is 15.6. The highest BCUT2D eigenvalue weighted by molar-refractivity contribution is 6.76. The summed E-state index contributed by atoms with van der Waals surface area (Å²) in [7, 11) is -8.85. The van der Waals surface area contributed by atoms with E-state index in [2.05, 4.69) is 96.1 Å². The first-order valence-electron chi connectivity index (χ1n) is 22.3. The Hall–Kier alpha value is -0.792. The van der Waals surface area contributed by atoms with Gasteiger partial charge in [-0.1, -0.05) is 101 Å². The third kappa shape index (κ3) is 7.31. The third-order valence-electron chi connectivity index (χ3n) is 16.8. The van der Waals surface area contributed by atoms with E-state index in [1.807, 2.05) is 0 Å². The van der Waals surface area contributed by atoms with Crippen LogP contribution in [0.4, 0.5) is 0 Å². The fraction of sp³-hybridized carbons (Fsp3) is 0.860. The van der Waals surface area contributed by atoms with E-state index in [0.29, 0.717) is 6.42 Å². The van der Waals surface area contributed by atoms with Crippen LogP contribution in [0.1, 0.15) is 122 Å². The zero-order valence-electron chi connectivity index (χ0n) is 36.6. The third-order valence-corrected chi connectivity index (χ3v) is 35.1. The Balaban J connectivity index is 2.00. The number of hydrogen-bond acceptors (Lipinski definition) is 6. The highest BCUT2D eigenvalue weighted by atomic mass is 28.4.